The van der Waals surface area contributed by atoms with Crippen LogP contribution in [0.5, 0.6) is 0 Å². The molecule has 7 atom stereocenters. The maximum absolute atomic E-state index is 12.3. The smallest absolute Gasteiger partial charge is 0.136 e. The Morgan fingerprint density at radius 1 is 1.03 bits per heavy atom. The van der Waals surface area contributed by atoms with Crippen LogP contribution in [0.4, 0.5) is 0 Å². The quantitative estimate of drug-likeness (QED) is 0.593. The largest absolute Gasteiger partial charge is 0.466 e. The lowest BCUT2D eigenvalue weighted by atomic mass is 9.44. The summed E-state index contributed by atoms with van der Waals surface area (Å²) in [4.78, 5) is 2.52. The first-order valence-corrected chi connectivity index (χ1v) is 13.8. The molecule has 0 unspecified atom stereocenters. The summed E-state index contributed by atoms with van der Waals surface area (Å²) in [5.74, 6) is 1.32. The molecule has 5 nitrogen and oxygen atoms in total. The minimum Gasteiger partial charge on any atom is -0.466 e. The summed E-state index contributed by atoms with van der Waals surface area (Å²) in [7, 11) is 0. The molecule has 6 rings (SSSR count). The summed E-state index contributed by atoms with van der Waals surface area (Å²) < 4.78 is 12.0. The minimum absolute atomic E-state index is 0.139. The van der Waals surface area contributed by atoms with Crippen molar-refractivity contribution in [3.05, 3.63) is 35.8 Å². The third-order valence-corrected chi connectivity index (χ3v) is 11.3. The standard InChI is InChI=1S/C29H43NO4/c1-26-11-9-22(33-19-17-30-15-3-4-16-30)20-21(26)7-8-24-23(26)10-12-27(2)28(24,31)13-14-29(27,32)25-6-5-18-34-25/h5-6,18,20,22-24,31-32H,3-4,7-17,19H2,1-2H3/t22-,23-,24+,26-,27-,28-,29-/m0/s1. The van der Waals surface area contributed by atoms with Crippen molar-refractivity contribution in [1.29, 1.82) is 0 Å². The van der Waals surface area contributed by atoms with E-state index in [1.165, 1.54) is 25.9 Å². The van der Waals surface area contributed by atoms with Gasteiger partial charge in [-0.05, 0) is 107 Å². The molecule has 3 saturated carbocycles. The molecule has 5 heteroatoms. The molecule has 1 aromatic heterocycles. The molecule has 2 N–H and O–H groups in total. The molecule has 5 aliphatic rings. The van der Waals surface area contributed by atoms with E-state index in [0.717, 1.165) is 51.7 Å². The van der Waals surface area contributed by atoms with Gasteiger partial charge in [0.05, 0.1) is 24.6 Å². The number of hydrogen-bond acceptors (Lipinski definition) is 5. The number of aliphatic hydroxyl groups is 2. The topological polar surface area (TPSA) is 66.1 Å². The first kappa shape index (κ1) is 23.3. The zero-order chi connectivity index (χ0) is 23.6. The van der Waals surface area contributed by atoms with Crippen molar-refractivity contribution in [2.75, 3.05) is 26.2 Å². The van der Waals surface area contributed by atoms with Gasteiger partial charge in [0.1, 0.15) is 11.4 Å². The van der Waals surface area contributed by atoms with Crippen LogP contribution < -0.4 is 0 Å². The van der Waals surface area contributed by atoms with Crippen molar-refractivity contribution < 1.29 is 19.4 Å². The molecule has 0 radical (unpaired) electrons. The fourth-order valence-corrected chi connectivity index (χ4v) is 9.06. The Morgan fingerprint density at radius 2 is 1.85 bits per heavy atom. The summed E-state index contributed by atoms with van der Waals surface area (Å²) >= 11 is 0. The monoisotopic (exact) mass is 469 g/mol. The highest BCUT2D eigenvalue weighted by Gasteiger charge is 2.72. The Morgan fingerprint density at radius 3 is 2.62 bits per heavy atom. The average molecular weight is 470 g/mol. The van der Waals surface area contributed by atoms with Crippen LogP contribution in [0.15, 0.2) is 34.5 Å². The van der Waals surface area contributed by atoms with Gasteiger partial charge in [-0.1, -0.05) is 25.5 Å². The van der Waals surface area contributed by atoms with Gasteiger partial charge in [-0.3, -0.25) is 0 Å². The predicted octanol–water partition coefficient (Wildman–Crippen LogP) is 5.03. The molecule has 34 heavy (non-hydrogen) atoms. The number of likely N-dealkylation sites (tertiary alicyclic amines) is 1. The van der Waals surface area contributed by atoms with Crippen LogP contribution in [-0.4, -0.2) is 53.1 Å². The molecule has 0 bridgehead atoms. The fourth-order valence-electron chi connectivity index (χ4n) is 9.06. The normalized spacial score (nSPS) is 46.6. The van der Waals surface area contributed by atoms with Gasteiger partial charge in [0.2, 0.25) is 0 Å². The van der Waals surface area contributed by atoms with Crippen molar-refractivity contribution in [3.8, 4) is 0 Å². The van der Waals surface area contributed by atoms with Crippen LogP contribution in [0.1, 0.15) is 83.8 Å². The van der Waals surface area contributed by atoms with E-state index in [0.29, 0.717) is 24.5 Å². The van der Waals surface area contributed by atoms with E-state index in [-0.39, 0.29) is 17.4 Å². The van der Waals surface area contributed by atoms with Gasteiger partial charge in [0, 0.05) is 12.0 Å². The van der Waals surface area contributed by atoms with E-state index < -0.39 is 16.6 Å². The second kappa shape index (κ2) is 8.19. The van der Waals surface area contributed by atoms with Gasteiger partial charge in [-0.25, -0.2) is 0 Å². The van der Waals surface area contributed by atoms with Gasteiger partial charge in [0.15, 0.2) is 0 Å². The number of nitrogens with zero attached hydrogens (tertiary/aromatic N) is 1. The molecule has 2 heterocycles. The molecule has 1 aromatic rings. The molecule has 1 saturated heterocycles. The van der Waals surface area contributed by atoms with Crippen molar-refractivity contribution in [2.24, 2.45) is 22.7 Å². The average Bonchev–Trinajstić information content (AvgIpc) is 3.57. The summed E-state index contributed by atoms with van der Waals surface area (Å²) in [6.45, 7) is 8.93. The molecule has 4 fully saturated rings. The predicted molar refractivity (Wildman–Crippen MR) is 131 cm³/mol. The lowest BCUT2D eigenvalue weighted by Crippen LogP contribution is -2.63. The van der Waals surface area contributed by atoms with E-state index in [4.69, 9.17) is 9.15 Å². The van der Waals surface area contributed by atoms with E-state index in [2.05, 4.69) is 24.8 Å². The van der Waals surface area contributed by atoms with Crippen LogP contribution in [0.3, 0.4) is 0 Å². The van der Waals surface area contributed by atoms with Crippen molar-refractivity contribution in [3.63, 3.8) is 0 Å². The SMILES string of the molecule is C[C@]12CC[C@H]3[C@@H](CCC4=C[C@@H](OCCN5CCCC5)CC[C@@]43C)[C@@]1(O)CC[C@]2(O)c1ccco1. The van der Waals surface area contributed by atoms with Crippen molar-refractivity contribution in [1.82, 2.24) is 4.90 Å². The highest BCUT2D eigenvalue weighted by molar-refractivity contribution is 5.31. The Bertz CT molecular complexity index is 923. The van der Waals surface area contributed by atoms with E-state index in [1.54, 1.807) is 11.8 Å². The van der Waals surface area contributed by atoms with Crippen LogP contribution in [0, 0.1) is 22.7 Å². The Balaban J connectivity index is 1.20. The van der Waals surface area contributed by atoms with Crippen LogP contribution in [0.25, 0.3) is 0 Å². The van der Waals surface area contributed by atoms with Crippen molar-refractivity contribution in [2.45, 2.75) is 95.4 Å². The fraction of sp³-hybridized carbons (Fsp3) is 0.793. The third-order valence-electron chi connectivity index (χ3n) is 11.3. The van der Waals surface area contributed by atoms with Crippen LogP contribution >= 0.6 is 0 Å². The van der Waals surface area contributed by atoms with Crippen LogP contribution in [-0.2, 0) is 10.3 Å². The molecule has 1 aliphatic heterocycles. The highest BCUT2D eigenvalue weighted by atomic mass is 16.5. The Kier molecular flexibility index (Phi) is 5.61. The first-order valence-electron chi connectivity index (χ1n) is 13.8. The van der Waals surface area contributed by atoms with E-state index in [9.17, 15) is 10.2 Å². The second-order valence-electron chi connectivity index (χ2n) is 12.5. The summed E-state index contributed by atoms with van der Waals surface area (Å²) in [6, 6.07) is 3.74. The van der Waals surface area contributed by atoms with E-state index in [1.807, 2.05) is 12.1 Å². The van der Waals surface area contributed by atoms with Gasteiger partial charge >= 0.3 is 0 Å². The second-order valence-corrected chi connectivity index (χ2v) is 12.5. The zero-order valence-corrected chi connectivity index (χ0v) is 21.1. The molecular weight excluding hydrogens is 426 g/mol. The van der Waals surface area contributed by atoms with Crippen LogP contribution in [0.2, 0.25) is 0 Å². The van der Waals surface area contributed by atoms with E-state index >= 15 is 0 Å². The molecule has 188 valence electrons. The number of ether oxygens (including phenoxy) is 1. The summed E-state index contributed by atoms with van der Waals surface area (Å²) in [5.41, 5.74) is -0.812. The molecular formula is C29H43NO4. The van der Waals surface area contributed by atoms with Gasteiger partial charge < -0.3 is 24.3 Å². The summed E-state index contributed by atoms with van der Waals surface area (Å²) in [6.07, 6.45) is 14.4. The Hall–Kier alpha value is -1.14. The summed E-state index contributed by atoms with van der Waals surface area (Å²) in [5, 5.41) is 24.2. The minimum atomic E-state index is -1.09. The Labute approximate surface area is 204 Å². The number of rotatable bonds is 5. The first-order chi connectivity index (χ1) is 16.3. The lowest BCUT2D eigenvalue weighted by Gasteiger charge is -2.62. The number of furan rings is 1. The maximum atomic E-state index is 12.3. The third kappa shape index (κ3) is 3.19. The zero-order valence-electron chi connectivity index (χ0n) is 21.1. The number of fused-ring (bicyclic) bond motifs is 5. The molecule has 0 amide bonds. The van der Waals surface area contributed by atoms with Gasteiger partial charge in [-0.15, -0.1) is 0 Å². The number of hydrogen-bond donors (Lipinski definition) is 2. The van der Waals surface area contributed by atoms with Crippen molar-refractivity contribution >= 4 is 0 Å². The molecule has 0 spiro atoms. The highest BCUT2D eigenvalue weighted by Crippen LogP contribution is 2.71. The van der Waals surface area contributed by atoms with Gasteiger partial charge in [-0.2, -0.15) is 0 Å². The number of allylic oxidation sites excluding steroid dienone is 1. The molecule has 0 aromatic carbocycles. The lowest BCUT2D eigenvalue weighted by molar-refractivity contribution is -0.225. The molecule has 4 aliphatic carbocycles. The van der Waals surface area contributed by atoms with Gasteiger partial charge in [0.25, 0.3) is 0 Å². The maximum Gasteiger partial charge on any atom is 0.136 e.